The van der Waals surface area contributed by atoms with Crippen molar-refractivity contribution in [2.24, 2.45) is 0 Å². The van der Waals surface area contributed by atoms with E-state index < -0.39 is 6.10 Å². The fourth-order valence-electron chi connectivity index (χ4n) is 10.9. The highest BCUT2D eigenvalue weighted by atomic mass is 16.6. The number of ether oxygens (including phenoxy) is 3. The van der Waals surface area contributed by atoms with Crippen LogP contribution in [0, 0.1) is 0 Å². The molecule has 0 bridgehead atoms. The quantitative estimate of drug-likeness (QED) is 0.0261. The summed E-state index contributed by atoms with van der Waals surface area (Å²) >= 11 is 0. The number of unbranched alkanes of at least 4 members (excludes halogenated alkanes) is 48. The zero-order chi connectivity index (χ0) is 58.5. The van der Waals surface area contributed by atoms with Crippen molar-refractivity contribution >= 4 is 17.9 Å². The zero-order valence-electron chi connectivity index (χ0n) is 54.6. The third kappa shape index (κ3) is 68.0. The monoisotopic (exact) mass is 1140 g/mol. The van der Waals surface area contributed by atoms with Gasteiger partial charge in [-0.25, -0.2) is 0 Å². The highest BCUT2D eigenvalue weighted by molar-refractivity contribution is 5.71. The highest BCUT2D eigenvalue weighted by Crippen LogP contribution is 2.18. The number of hydrogen-bond donors (Lipinski definition) is 0. The second-order valence-electron chi connectivity index (χ2n) is 24.5. The first-order chi connectivity index (χ1) is 40.0. The molecule has 6 nitrogen and oxygen atoms in total. The Bertz CT molecular complexity index is 1400. The Morgan fingerprint density at radius 1 is 0.247 bits per heavy atom. The summed E-state index contributed by atoms with van der Waals surface area (Å²) in [6.07, 6.45) is 88.7. The van der Waals surface area contributed by atoms with E-state index in [1.165, 1.54) is 283 Å². The van der Waals surface area contributed by atoms with Gasteiger partial charge in [-0.1, -0.05) is 339 Å². The molecule has 0 N–H and O–H groups in total. The SMILES string of the molecule is CCCCCCC/C=C\C/C=C\C/C=C\CCCCCCCCCCCCCCC(=O)OCC(COC(=O)CCCCCCCCCCC)OC(=O)CCCCCCCCCCCCCCCCC/C=C\CCCCCCCCCC. The van der Waals surface area contributed by atoms with Gasteiger partial charge < -0.3 is 14.2 Å². The smallest absolute Gasteiger partial charge is 0.306 e. The van der Waals surface area contributed by atoms with Crippen LogP contribution in [-0.2, 0) is 28.6 Å². The number of esters is 3. The van der Waals surface area contributed by atoms with E-state index in [1.54, 1.807) is 0 Å². The molecule has 0 rings (SSSR count). The molecule has 0 saturated carbocycles. The van der Waals surface area contributed by atoms with Gasteiger partial charge in [0.2, 0.25) is 0 Å². The third-order valence-corrected chi connectivity index (χ3v) is 16.3. The van der Waals surface area contributed by atoms with Crippen molar-refractivity contribution in [3.8, 4) is 0 Å². The van der Waals surface area contributed by atoms with Gasteiger partial charge in [0.15, 0.2) is 6.10 Å². The summed E-state index contributed by atoms with van der Waals surface area (Å²) < 4.78 is 16.9. The maximum Gasteiger partial charge on any atom is 0.306 e. The van der Waals surface area contributed by atoms with Crippen LogP contribution < -0.4 is 0 Å². The Kier molecular flexibility index (Phi) is 67.6. The van der Waals surface area contributed by atoms with E-state index >= 15 is 0 Å². The minimum Gasteiger partial charge on any atom is -0.462 e. The molecule has 474 valence electrons. The summed E-state index contributed by atoms with van der Waals surface area (Å²) in [7, 11) is 0. The Morgan fingerprint density at radius 2 is 0.444 bits per heavy atom. The Balaban J connectivity index is 4.12. The van der Waals surface area contributed by atoms with Gasteiger partial charge in [0.05, 0.1) is 0 Å². The normalized spacial score (nSPS) is 12.3. The Hall–Kier alpha value is -2.63. The molecular formula is C75H138O6. The van der Waals surface area contributed by atoms with Crippen LogP contribution in [0.1, 0.15) is 393 Å². The molecule has 0 spiro atoms. The van der Waals surface area contributed by atoms with E-state index in [1.807, 2.05) is 0 Å². The van der Waals surface area contributed by atoms with Crippen LogP contribution in [-0.4, -0.2) is 37.2 Å². The highest BCUT2D eigenvalue weighted by Gasteiger charge is 2.19. The van der Waals surface area contributed by atoms with Crippen molar-refractivity contribution in [1.82, 2.24) is 0 Å². The van der Waals surface area contributed by atoms with E-state index in [-0.39, 0.29) is 31.1 Å². The summed E-state index contributed by atoms with van der Waals surface area (Å²) in [6.45, 7) is 6.67. The fourth-order valence-corrected chi connectivity index (χ4v) is 10.9. The number of allylic oxidation sites excluding steroid dienone is 8. The number of carbonyl (C=O) groups is 3. The predicted molar refractivity (Wildman–Crippen MR) is 353 cm³/mol. The van der Waals surface area contributed by atoms with Crippen LogP contribution in [0.25, 0.3) is 0 Å². The molecule has 0 aliphatic heterocycles. The van der Waals surface area contributed by atoms with Gasteiger partial charge in [-0.05, 0) is 83.5 Å². The molecule has 0 saturated heterocycles. The van der Waals surface area contributed by atoms with Crippen LogP contribution in [0.2, 0.25) is 0 Å². The Morgan fingerprint density at radius 3 is 0.704 bits per heavy atom. The van der Waals surface area contributed by atoms with Gasteiger partial charge in [0.25, 0.3) is 0 Å². The van der Waals surface area contributed by atoms with Crippen molar-refractivity contribution in [3.63, 3.8) is 0 Å². The molecule has 0 aliphatic rings. The molecule has 0 aliphatic carbocycles. The van der Waals surface area contributed by atoms with Gasteiger partial charge in [0.1, 0.15) is 13.2 Å². The largest absolute Gasteiger partial charge is 0.462 e. The van der Waals surface area contributed by atoms with Gasteiger partial charge in [-0.2, -0.15) is 0 Å². The lowest BCUT2D eigenvalue weighted by molar-refractivity contribution is -0.167. The average molecular weight is 1140 g/mol. The van der Waals surface area contributed by atoms with Crippen molar-refractivity contribution in [1.29, 1.82) is 0 Å². The zero-order valence-corrected chi connectivity index (χ0v) is 54.6. The molecule has 0 heterocycles. The van der Waals surface area contributed by atoms with Crippen LogP contribution in [0.5, 0.6) is 0 Å². The summed E-state index contributed by atoms with van der Waals surface area (Å²) in [5, 5.41) is 0. The molecule has 6 heteroatoms. The second-order valence-corrected chi connectivity index (χ2v) is 24.5. The maximum absolute atomic E-state index is 12.9. The lowest BCUT2D eigenvalue weighted by atomic mass is 10.0. The standard InChI is InChI=1S/C75H138O6/c1-4-7-10-13-16-19-21-23-25-27-29-31-33-35-37-39-41-43-45-47-49-51-53-56-59-62-65-68-74(77)80-71-72(70-79-73(76)67-64-61-58-55-18-15-12-9-6-3)81-75(78)69-66-63-60-57-54-52-50-48-46-44-42-40-38-36-34-32-30-28-26-24-22-20-17-14-11-8-5-2/h21,23,27-30,33,35,72H,4-20,22,24-26,31-32,34,36-71H2,1-3H3/b23-21-,29-27-,30-28-,35-33-. The minimum atomic E-state index is -0.771. The lowest BCUT2D eigenvalue weighted by Crippen LogP contribution is -2.30. The molecule has 81 heavy (non-hydrogen) atoms. The molecule has 1 unspecified atom stereocenters. The van der Waals surface area contributed by atoms with Crippen molar-refractivity contribution in [2.45, 2.75) is 399 Å². The van der Waals surface area contributed by atoms with Crippen molar-refractivity contribution < 1.29 is 28.6 Å². The number of carbonyl (C=O) groups excluding carboxylic acids is 3. The average Bonchev–Trinajstić information content (AvgIpc) is 3.47. The molecule has 0 aromatic carbocycles. The molecule has 0 aromatic heterocycles. The molecule has 1 atom stereocenters. The van der Waals surface area contributed by atoms with E-state index in [0.29, 0.717) is 19.3 Å². The second kappa shape index (κ2) is 69.9. The van der Waals surface area contributed by atoms with Crippen molar-refractivity contribution in [3.05, 3.63) is 48.6 Å². The maximum atomic E-state index is 12.9. The minimum absolute atomic E-state index is 0.0687. The number of hydrogen-bond acceptors (Lipinski definition) is 6. The fraction of sp³-hybridized carbons (Fsp3) is 0.853. The van der Waals surface area contributed by atoms with Gasteiger partial charge in [-0.3, -0.25) is 14.4 Å². The Labute approximate surface area is 505 Å². The summed E-state index contributed by atoms with van der Waals surface area (Å²) in [4.78, 5) is 38.3. The van der Waals surface area contributed by atoms with Crippen LogP contribution >= 0.6 is 0 Å². The van der Waals surface area contributed by atoms with E-state index in [9.17, 15) is 14.4 Å². The van der Waals surface area contributed by atoms with Gasteiger partial charge >= 0.3 is 17.9 Å². The topological polar surface area (TPSA) is 78.9 Å². The van der Waals surface area contributed by atoms with Crippen LogP contribution in [0.15, 0.2) is 48.6 Å². The molecular weight excluding hydrogens is 997 g/mol. The predicted octanol–water partition coefficient (Wildman–Crippen LogP) is 24.9. The molecule has 0 radical (unpaired) electrons. The van der Waals surface area contributed by atoms with Crippen molar-refractivity contribution in [2.75, 3.05) is 13.2 Å². The van der Waals surface area contributed by atoms with Gasteiger partial charge in [0, 0.05) is 19.3 Å². The summed E-state index contributed by atoms with van der Waals surface area (Å²) in [5.41, 5.74) is 0. The van der Waals surface area contributed by atoms with E-state index in [2.05, 4.69) is 69.4 Å². The van der Waals surface area contributed by atoms with Crippen LogP contribution in [0.4, 0.5) is 0 Å². The summed E-state index contributed by atoms with van der Waals surface area (Å²) in [5.74, 6) is -0.848. The van der Waals surface area contributed by atoms with E-state index in [0.717, 1.165) is 70.6 Å². The third-order valence-electron chi connectivity index (χ3n) is 16.3. The lowest BCUT2D eigenvalue weighted by Gasteiger charge is -2.18. The summed E-state index contributed by atoms with van der Waals surface area (Å²) in [6, 6.07) is 0. The molecule has 0 amide bonds. The first kappa shape index (κ1) is 78.4. The molecule has 0 fully saturated rings. The molecule has 0 aromatic rings. The van der Waals surface area contributed by atoms with Gasteiger partial charge in [-0.15, -0.1) is 0 Å². The van der Waals surface area contributed by atoms with Crippen LogP contribution in [0.3, 0.4) is 0 Å². The van der Waals surface area contributed by atoms with E-state index in [4.69, 9.17) is 14.2 Å². The first-order valence-corrected chi connectivity index (χ1v) is 36.1. The number of rotatable bonds is 67. The first-order valence-electron chi connectivity index (χ1n) is 36.1.